The van der Waals surface area contributed by atoms with Crippen LogP contribution in [0.15, 0.2) is 65.9 Å². The van der Waals surface area contributed by atoms with Crippen LogP contribution < -0.4 is 10.6 Å². The summed E-state index contributed by atoms with van der Waals surface area (Å²) in [6.45, 7) is 4.27. The van der Waals surface area contributed by atoms with Gasteiger partial charge in [-0.15, -0.1) is 0 Å². The Balaban J connectivity index is 2.43. The van der Waals surface area contributed by atoms with Crippen LogP contribution in [0.5, 0.6) is 0 Å². The number of ether oxygens (including phenoxy) is 2. The molecule has 0 aliphatic heterocycles. The predicted octanol–water partition coefficient (Wildman–Crippen LogP) is 3.63. The molecule has 2 rings (SSSR count). The van der Waals surface area contributed by atoms with Crippen molar-refractivity contribution in [1.82, 2.24) is 10.6 Å². The van der Waals surface area contributed by atoms with Crippen molar-refractivity contribution in [2.75, 3.05) is 14.2 Å². The van der Waals surface area contributed by atoms with E-state index in [0.29, 0.717) is 17.8 Å². The Morgan fingerprint density at radius 3 is 2.32 bits per heavy atom. The number of hydrogen-bond acceptors (Lipinski definition) is 5. The summed E-state index contributed by atoms with van der Waals surface area (Å²) >= 11 is 0. The summed E-state index contributed by atoms with van der Waals surface area (Å²) in [7, 11) is 2.60. The highest BCUT2D eigenvalue weighted by atomic mass is 16.5. The van der Waals surface area contributed by atoms with E-state index in [-0.39, 0.29) is 0 Å². The van der Waals surface area contributed by atoms with Crippen LogP contribution in [0.4, 0.5) is 4.79 Å². The summed E-state index contributed by atoms with van der Waals surface area (Å²) in [4.78, 5) is 24.6. The minimum atomic E-state index is -0.719. The lowest BCUT2D eigenvalue weighted by Gasteiger charge is -2.23. The average molecular weight is 382 g/mol. The zero-order valence-electron chi connectivity index (χ0n) is 16.6. The van der Waals surface area contributed by atoms with Gasteiger partial charge in [-0.1, -0.05) is 60.2 Å². The third-order valence-corrected chi connectivity index (χ3v) is 4.32. The van der Waals surface area contributed by atoms with Gasteiger partial charge in [0.25, 0.3) is 0 Å². The maximum Gasteiger partial charge on any atom is 0.407 e. The first-order valence-corrected chi connectivity index (χ1v) is 8.94. The second-order valence-corrected chi connectivity index (χ2v) is 6.35. The number of rotatable bonds is 7. The van der Waals surface area contributed by atoms with E-state index >= 15 is 0 Å². The fraction of sp³-hybridized carbons (Fsp3) is 0.273. The van der Waals surface area contributed by atoms with Gasteiger partial charge < -0.3 is 20.1 Å². The number of methoxy groups -OCH3 is 2. The molecule has 0 aliphatic carbocycles. The summed E-state index contributed by atoms with van der Waals surface area (Å²) in [6.07, 6.45) is -0.635. The Morgan fingerprint density at radius 1 is 1.00 bits per heavy atom. The fourth-order valence-electron chi connectivity index (χ4n) is 2.87. The van der Waals surface area contributed by atoms with Gasteiger partial charge in [-0.3, -0.25) is 0 Å². The predicted molar refractivity (Wildman–Crippen MR) is 107 cm³/mol. The van der Waals surface area contributed by atoms with Gasteiger partial charge in [-0.2, -0.15) is 0 Å². The Labute approximate surface area is 165 Å². The molecule has 0 saturated heterocycles. The van der Waals surface area contributed by atoms with E-state index in [1.165, 1.54) is 14.2 Å². The molecule has 1 atom stereocenters. The Kier molecular flexibility index (Phi) is 7.63. The van der Waals surface area contributed by atoms with Gasteiger partial charge in [0, 0.05) is 12.2 Å². The number of carbonyl (C=O) groups is 2. The molecule has 0 spiro atoms. The number of alkyl carbamates (subject to hydrolysis) is 1. The quantitative estimate of drug-likeness (QED) is 0.565. The molecule has 6 heteroatoms. The molecule has 1 unspecified atom stereocenters. The first kappa shape index (κ1) is 21.0. The van der Waals surface area contributed by atoms with Crippen molar-refractivity contribution in [3.05, 3.63) is 82.6 Å². The van der Waals surface area contributed by atoms with Gasteiger partial charge in [0.05, 0.1) is 25.8 Å². The van der Waals surface area contributed by atoms with E-state index in [4.69, 9.17) is 9.47 Å². The number of hydrogen-bond donors (Lipinski definition) is 2. The standard InChI is InChI=1S/C22H26N2O4/c1-15-9-8-12-18(13-15)20(24-22(26)28-4)19(21(25)27-3)16(2)23-14-17-10-6-5-7-11-17/h5-13,20,23H,14H2,1-4H3,(H,24,26)/b19-16-. The molecule has 0 bridgehead atoms. The summed E-state index contributed by atoms with van der Waals surface area (Å²) in [5, 5.41) is 6.00. The van der Waals surface area contributed by atoms with Crippen molar-refractivity contribution >= 4 is 12.1 Å². The van der Waals surface area contributed by atoms with E-state index < -0.39 is 18.1 Å². The largest absolute Gasteiger partial charge is 0.466 e. The number of carbonyl (C=O) groups excluding carboxylic acids is 2. The summed E-state index contributed by atoms with van der Waals surface area (Å²) < 4.78 is 9.76. The highest BCUT2D eigenvalue weighted by Crippen LogP contribution is 2.26. The second-order valence-electron chi connectivity index (χ2n) is 6.35. The summed E-state index contributed by atoms with van der Waals surface area (Å²) in [5.74, 6) is -0.527. The normalized spacial score (nSPS) is 12.4. The molecule has 0 saturated carbocycles. The highest BCUT2D eigenvalue weighted by Gasteiger charge is 2.28. The number of amides is 1. The number of nitrogens with one attached hydrogen (secondary N) is 2. The van der Waals surface area contributed by atoms with Crippen molar-refractivity contribution in [2.45, 2.75) is 26.4 Å². The number of benzene rings is 2. The number of allylic oxidation sites excluding steroid dienone is 1. The van der Waals surface area contributed by atoms with Crippen molar-refractivity contribution in [3.63, 3.8) is 0 Å². The van der Waals surface area contributed by atoms with E-state index in [1.807, 2.05) is 61.5 Å². The number of aryl methyl sites for hydroxylation is 1. The average Bonchev–Trinajstić information content (AvgIpc) is 2.72. The minimum absolute atomic E-state index is 0.314. The molecule has 2 aromatic rings. The monoisotopic (exact) mass is 382 g/mol. The van der Waals surface area contributed by atoms with E-state index in [1.54, 1.807) is 6.92 Å². The Hall–Kier alpha value is -3.28. The van der Waals surface area contributed by atoms with Crippen LogP contribution in [0.1, 0.15) is 29.7 Å². The highest BCUT2D eigenvalue weighted by molar-refractivity contribution is 5.91. The van der Waals surface area contributed by atoms with Crippen molar-refractivity contribution in [2.24, 2.45) is 0 Å². The Bertz CT molecular complexity index is 847. The molecule has 0 heterocycles. The van der Waals surface area contributed by atoms with Crippen LogP contribution in [0.25, 0.3) is 0 Å². The van der Waals surface area contributed by atoms with Crippen molar-refractivity contribution in [1.29, 1.82) is 0 Å². The lowest BCUT2D eigenvalue weighted by Crippen LogP contribution is -2.34. The molecule has 28 heavy (non-hydrogen) atoms. The fourth-order valence-corrected chi connectivity index (χ4v) is 2.87. The SMILES string of the molecule is COC(=O)NC(/C(C(=O)OC)=C(\C)NCc1ccccc1)c1cccc(C)c1. The zero-order valence-corrected chi connectivity index (χ0v) is 16.6. The Morgan fingerprint density at radius 2 is 1.71 bits per heavy atom. The lowest BCUT2D eigenvalue weighted by molar-refractivity contribution is -0.136. The van der Waals surface area contributed by atoms with E-state index in [9.17, 15) is 9.59 Å². The molecule has 1 amide bonds. The van der Waals surface area contributed by atoms with Crippen LogP contribution in [0.3, 0.4) is 0 Å². The lowest BCUT2D eigenvalue weighted by atomic mass is 9.95. The van der Waals surface area contributed by atoms with E-state index in [2.05, 4.69) is 10.6 Å². The van der Waals surface area contributed by atoms with Crippen LogP contribution in [0, 0.1) is 6.92 Å². The smallest absolute Gasteiger partial charge is 0.407 e. The van der Waals surface area contributed by atoms with Gasteiger partial charge in [-0.05, 0) is 25.0 Å². The third kappa shape index (κ3) is 5.61. The molecule has 148 valence electrons. The molecule has 0 aromatic heterocycles. The van der Waals surface area contributed by atoms with Crippen molar-refractivity contribution < 1.29 is 19.1 Å². The maximum absolute atomic E-state index is 12.6. The summed E-state index contributed by atoms with van der Waals surface area (Å²) in [5.41, 5.74) is 3.76. The summed E-state index contributed by atoms with van der Waals surface area (Å²) in [6, 6.07) is 16.7. The molecule has 2 N–H and O–H groups in total. The molecular weight excluding hydrogens is 356 g/mol. The first-order chi connectivity index (χ1) is 13.5. The van der Waals surface area contributed by atoms with Gasteiger partial charge in [0.2, 0.25) is 0 Å². The van der Waals surface area contributed by atoms with Gasteiger partial charge in [0.15, 0.2) is 0 Å². The van der Waals surface area contributed by atoms with Gasteiger partial charge in [-0.25, -0.2) is 9.59 Å². The molecule has 6 nitrogen and oxygen atoms in total. The molecule has 2 aromatic carbocycles. The molecular formula is C22H26N2O4. The van der Waals surface area contributed by atoms with Crippen LogP contribution >= 0.6 is 0 Å². The third-order valence-electron chi connectivity index (χ3n) is 4.32. The topological polar surface area (TPSA) is 76.7 Å². The second kappa shape index (κ2) is 10.2. The zero-order chi connectivity index (χ0) is 20.5. The molecule has 0 fully saturated rings. The van der Waals surface area contributed by atoms with Crippen LogP contribution in [-0.2, 0) is 20.8 Å². The van der Waals surface area contributed by atoms with E-state index in [0.717, 1.165) is 16.7 Å². The van der Waals surface area contributed by atoms with Gasteiger partial charge in [0.1, 0.15) is 0 Å². The molecule has 0 radical (unpaired) electrons. The maximum atomic E-state index is 12.6. The first-order valence-electron chi connectivity index (χ1n) is 8.94. The van der Waals surface area contributed by atoms with Crippen LogP contribution in [0.2, 0.25) is 0 Å². The minimum Gasteiger partial charge on any atom is -0.466 e. The van der Waals surface area contributed by atoms with Crippen LogP contribution in [-0.4, -0.2) is 26.3 Å². The number of esters is 1. The van der Waals surface area contributed by atoms with Gasteiger partial charge >= 0.3 is 12.1 Å². The molecule has 0 aliphatic rings. The van der Waals surface area contributed by atoms with Crippen molar-refractivity contribution in [3.8, 4) is 0 Å².